The van der Waals surface area contributed by atoms with E-state index < -0.39 is 0 Å². The molecule has 2 nitrogen and oxygen atoms in total. The molecule has 1 N–H and O–H groups in total. The summed E-state index contributed by atoms with van der Waals surface area (Å²) in [6, 6.07) is 8.91. The summed E-state index contributed by atoms with van der Waals surface area (Å²) >= 11 is 1.71. The van der Waals surface area contributed by atoms with Gasteiger partial charge in [-0.25, -0.2) is 4.39 Å². The van der Waals surface area contributed by atoms with Gasteiger partial charge in [-0.3, -0.25) is 4.79 Å². The number of carbonyl (C=O) groups excluding carboxylic acids is 1. The van der Waals surface area contributed by atoms with Crippen molar-refractivity contribution in [3.63, 3.8) is 0 Å². The van der Waals surface area contributed by atoms with Crippen LogP contribution < -0.4 is 5.32 Å². The second-order valence-electron chi connectivity index (χ2n) is 6.13. The van der Waals surface area contributed by atoms with Gasteiger partial charge in [0.2, 0.25) is 5.91 Å². The Labute approximate surface area is 129 Å². The van der Waals surface area contributed by atoms with Gasteiger partial charge in [-0.1, -0.05) is 26.8 Å². The van der Waals surface area contributed by atoms with Crippen LogP contribution in [-0.4, -0.2) is 5.91 Å². The molecule has 112 valence electrons. The van der Waals surface area contributed by atoms with Crippen LogP contribution in [0.25, 0.3) is 10.4 Å². The van der Waals surface area contributed by atoms with Crippen LogP contribution in [0, 0.1) is 5.82 Å². The van der Waals surface area contributed by atoms with Crippen LogP contribution in [0.2, 0.25) is 0 Å². The zero-order valence-corrected chi connectivity index (χ0v) is 13.6. The lowest BCUT2D eigenvalue weighted by Gasteiger charge is -2.15. The Morgan fingerprint density at radius 1 is 1.24 bits per heavy atom. The molecular formula is C17H20FNOS. The highest BCUT2D eigenvalue weighted by Gasteiger charge is 2.17. The highest BCUT2D eigenvalue weighted by atomic mass is 32.1. The minimum Gasteiger partial charge on any atom is -0.352 e. The van der Waals surface area contributed by atoms with Crippen molar-refractivity contribution >= 4 is 17.2 Å². The smallest absolute Gasteiger partial charge is 0.217 e. The van der Waals surface area contributed by atoms with E-state index in [2.05, 4.69) is 38.2 Å². The first kappa shape index (κ1) is 15.7. The molecule has 2 aromatic rings. The third-order valence-electron chi connectivity index (χ3n) is 3.21. The molecule has 0 aliphatic carbocycles. The van der Waals surface area contributed by atoms with Crippen molar-refractivity contribution in [1.82, 2.24) is 5.32 Å². The lowest BCUT2D eigenvalue weighted by atomic mass is 9.95. The maximum Gasteiger partial charge on any atom is 0.217 e. The third kappa shape index (κ3) is 3.91. The normalized spacial score (nSPS) is 11.5. The van der Waals surface area contributed by atoms with Gasteiger partial charge in [0.15, 0.2) is 0 Å². The molecule has 0 unspecified atom stereocenters. The quantitative estimate of drug-likeness (QED) is 0.889. The van der Waals surface area contributed by atoms with Gasteiger partial charge < -0.3 is 5.32 Å². The summed E-state index contributed by atoms with van der Waals surface area (Å²) in [5.74, 6) is -0.404. The molecule has 1 heterocycles. The molecule has 1 aromatic heterocycles. The number of halogens is 1. The van der Waals surface area contributed by atoms with Gasteiger partial charge in [0.1, 0.15) is 5.82 Å². The number of hydrogen-bond acceptors (Lipinski definition) is 2. The summed E-state index contributed by atoms with van der Waals surface area (Å²) in [5.41, 5.74) is 1.87. The van der Waals surface area contributed by atoms with E-state index in [-0.39, 0.29) is 17.1 Å². The molecule has 0 spiro atoms. The molecule has 21 heavy (non-hydrogen) atoms. The molecule has 0 aliphatic heterocycles. The minimum absolute atomic E-state index is 0.0980. The Morgan fingerprint density at radius 2 is 1.95 bits per heavy atom. The fraction of sp³-hybridized carbons (Fsp3) is 0.353. The van der Waals surface area contributed by atoms with E-state index in [0.717, 1.165) is 16.0 Å². The zero-order valence-electron chi connectivity index (χ0n) is 12.8. The number of thiophene rings is 1. The molecule has 1 aromatic carbocycles. The largest absolute Gasteiger partial charge is 0.352 e. The minimum atomic E-state index is -0.285. The Balaban J connectivity index is 2.38. The maximum absolute atomic E-state index is 13.5. The van der Waals surface area contributed by atoms with Crippen LogP contribution in [0.5, 0.6) is 0 Å². The van der Waals surface area contributed by atoms with E-state index in [1.807, 2.05) is 0 Å². The number of nitrogens with one attached hydrogen (secondary N) is 1. The standard InChI is InChI=1S/C17H20FNOS/c1-11(20)19-10-12-9-13(18)5-6-14(12)15-7-8-16(21-15)17(2,3)4/h5-9H,10H2,1-4H3,(H,19,20). The predicted octanol–water partition coefficient (Wildman–Crippen LogP) is 4.49. The van der Waals surface area contributed by atoms with Gasteiger partial charge in [-0.2, -0.15) is 0 Å². The summed E-state index contributed by atoms with van der Waals surface area (Å²) in [6.45, 7) is 8.31. The van der Waals surface area contributed by atoms with E-state index in [0.29, 0.717) is 6.54 Å². The highest BCUT2D eigenvalue weighted by molar-refractivity contribution is 7.15. The van der Waals surface area contributed by atoms with Crippen molar-refractivity contribution in [3.05, 3.63) is 46.6 Å². The summed E-state index contributed by atoms with van der Waals surface area (Å²) in [4.78, 5) is 13.5. The van der Waals surface area contributed by atoms with Crippen molar-refractivity contribution in [1.29, 1.82) is 0 Å². The number of rotatable bonds is 3. The van der Waals surface area contributed by atoms with Crippen LogP contribution in [-0.2, 0) is 16.8 Å². The molecule has 0 aliphatic rings. The third-order valence-corrected chi connectivity index (χ3v) is 4.75. The molecular weight excluding hydrogens is 285 g/mol. The topological polar surface area (TPSA) is 29.1 Å². The molecule has 0 saturated carbocycles. The number of amides is 1. The van der Waals surface area contributed by atoms with Gasteiger partial charge >= 0.3 is 0 Å². The van der Waals surface area contributed by atoms with Crippen molar-refractivity contribution in [2.75, 3.05) is 0 Å². The Morgan fingerprint density at radius 3 is 2.52 bits per heavy atom. The van der Waals surface area contributed by atoms with Gasteiger partial charge in [-0.15, -0.1) is 11.3 Å². The molecule has 4 heteroatoms. The first-order chi connectivity index (χ1) is 9.77. The average molecular weight is 305 g/mol. The number of hydrogen-bond donors (Lipinski definition) is 1. The van der Waals surface area contributed by atoms with Crippen LogP contribution >= 0.6 is 11.3 Å². The molecule has 2 rings (SSSR count). The van der Waals surface area contributed by atoms with Crippen LogP contribution in [0.15, 0.2) is 30.3 Å². The van der Waals surface area contributed by atoms with E-state index in [4.69, 9.17) is 0 Å². The second-order valence-corrected chi connectivity index (χ2v) is 7.21. The number of carbonyl (C=O) groups is 1. The number of benzene rings is 1. The van der Waals surface area contributed by atoms with Crippen LogP contribution in [0.1, 0.15) is 38.1 Å². The summed E-state index contributed by atoms with van der Waals surface area (Å²) < 4.78 is 13.5. The molecule has 0 radical (unpaired) electrons. The second kappa shape index (κ2) is 5.98. The van der Waals surface area contributed by atoms with Gasteiger partial charge in [0, 0.05) is 23.2 Å². The highest BCUT2D eigenvalue weighted by Crippen LogP contribution is 2.36. The Bertz CT molecular complexity index is 655. The summed E-state index contributed by atoms with van der Waals surface area (Å²) in [7, 11) is 0. The van der Waals surface area contributed by atoms with Gasteiger partial charge in [0.05, 0.1) is 0 Å². The fourth-order valence-corrected chi connectivity index (χ4v) is 3.18. The van der Waals surface area contributed by atoms with Gasteiger partial charge in [-0.05, 0) is 40.8 Å². The average Bonchev–Trinajstić information content (AvgIpc) is 2.85. The van der Waals surface area contributed by atoms with Gasteiger partial charge in [0.25, 0.3) is 0 Å². The fourth-order valence-electron chi connectivity index (χ4n) is 2.05. The lowest BCUT2D eigenvalue weighted by molar-refractivity contribution is -0.119. The maximum atomic E-state index is 13.5. The lowest BCUT2D eigenvalue weighted by Crippen LogP contribution is -2.19. The monoisotopic (exact) mass is 305 g/mol. The first-order valence-corrected chi connectivity index (χ1v) is 7.72. The summed E-state index contributed by atoms with van der Waals surface area (Å²) in [6.07, 6.45) is 0. The Hall–Kier alpha value is -1.68. The van der Waals surface area contributed by atoms with E-state index in [1.165, 1.54) is 23.9 Å². The molecule has 0 fully saturated rings. The van der Waals surface area contributed by atoms with E-state index >= 15 is 0 Å². The molecule has 0 bridgehead atoms. The van der Waals surface area contributed by atoms with Crippen LogP contribution in [0.4, 0.5) is 4.39 Å². The molecule has 0 atom stereocenters. The van der Waals surface area contributed by atoms with E-state index in [9.17, 15) is 9.18 Å². The van der Waals surface area contributed by atoms with Crippen molar-refractivity contribution in [2.45, 2.75) is 39.7 Å². The first-order valence-electron chi connectivity index (χ1n) is 6.91. The zero-order chi connectivity index (χ0) is 15.6. The van der Waals surface area contributed by atoms with Crippen LogP contribution in [0.3, 0.4) is 0 Å². The molecule has 1 amide bonds. The van der Waals surface area contributed by atoms with Crippen molar-refractivity contribution in [2.24, 2.45) is 0 Å². The van der Waals surface area contributed by atoms with Crippen molar-refractivity contribution in [3.8, 4) is 10.4 Å². The predicted molar refractivity (Wildman–Crippen MR) is 85.9 cm³/mol. The summed E-state index contributed by atoms with van der Waals surface area (Å²) in [5, 5.41) is 2.74. The SMILES string of the molecule is CC(=O)NCc1cc(F)ccc1-c1ccc(C(C)(C)C)s1. The molecule has 0 saturated heterocycles. The van der Waals surface area contributed by atoms with Crippen molar-refractivity contribution < 1.29 is 9.18 Å². The van der Waals surface area contributed by atoms with E-state index in [1.54, 1.807) is 17.4 Å². The Kier molecular flexibility index (Phi) is 4.47.